The smallest absolute Gasteiger partial charge is 0.244 e. The van der Waals surface area contributed by atoms with Crippen LogP contribution in [0, 0.1) is 0 Å². The summed E-state index contributed by atoms with van der Waals surface area (Å²) in [5.41, 5.74) is 0. The third kappa shape index (κ3) is 3.05. The zero-order valence-electron chi connectivity index (χ0n) is 8.76. The van der Waals surface area contributed by atoms with Gasteiger partial charge >= 0.3 is 0 Å². The average Bonchev–Trinajstić information content (AvgIpc) is 2.83. The molecule has 0 saturated heterocycles. The van der Waals surface area contributed by atoms with Crippen LogP contribution in [-0.4, -0.2) is 28.6 Å². The Kier molecular flexibility index (Phi) is 3.95. The second-order valence-corrected chi connectivity index (χ2v) is 6.21. The summed E-state index contributed by atoms with van der Waals surface area (Å²) in [6.07, 6.45) is 2.70. The second kappa shape index (κ2) is 5.31. The fourth-order valence-electron chi connectivity index (χ4n) is 1.15. The van der Waals surface area contributed by atoms with Gasteiger partial charge in [-0.05, 0) is 22.0 Å². The van der Waals surface area contributed by atoms with Crippen LogP contribution in [0.4, 0.5) is 0 Å². The first-order valence-electron chi connectivity index (χ1n) is 4.64. The molecule has 2 rings (SSSR count). The van der Waals surface area contributed by atoms with Gasteiger partial charge in [-0.15, -0.1) is 0 Å². The summed E-state index contributed by atoms with van der Waals surface area (Å²) in [6, 6.07) is 1.37. The van der Waals surface area contributed by atoms with Gasteiger partial charge in [0.25, 0.3) is 0 Å². The molecule has 0 unspecified atom stereocenters. The number of rotatable bonds is 4. The molecule has 10 heteroatoms. The van der Waals surface area contributed by atoms with Crippen LogP contribution < -0.4 is 4.72 Å². The first-order valence-corrected chi connectivity index (χ1v) is 7.29. The number of pyridine rings is 1. The van der Waals surface area contributed by atoms with E-state index in [4.69, 9.17) is 11.6 Å². The molecule has 0 aromatic carbocycles. The quantitative estimate of drug-likeness (QED) is 0.802. The lowest BCUT2D eigenvalue weighted by Gasteiger charge is -2.06. The molecule has 0 radical (unpaired) electrons. The van der Waals surface area contributed by atoms with Crippen LogP contribution in [0.5, 0.6) is 0 Å². The van der Waals surface area contributed by atoms with Crippen LogP contribution in [0.25, 0.3) is 0 Å². The maximum absolute atomic E-state index is 12.0. The minimum absolute atomic E-state index is 0.00875. The van der Waals surface area contributed by atoms with Gasteiger partial charge in [0.05, 0.1) is 6.54 Å². The summed E-state index contributed by atoms with van der Waals surface area (Å²) in [5.74, 6) is 0.401. The highest BCUT2D eigenvalue weighted by Crippen LogP contribution is 2.22. The van der Waals surface area contributed by atoms with E-state index in [9.17, 15) is 8.42 Å². The maximum Gasteiger partial charge on any atom is 0.244 e. The monoisotopic (exact) mass is 351 g/mol. The summed E-state index contributed by atoms with van der Waals surface area (Å²) in [4.78, 5) is 7.46. The van der Waals surface area contributed by atoms with Gasteiger partial charge in [-0.25, -0.2) is 23.1 Å². The van der Waals surface area contributed by atoms with Crippen molar-refractivity contribution >= 4 is 37.6 Å². The summed E-state index contributed by atoms with van der Waals surface area (Å²) >= 11 is 8.89. The number of hydrogen-bond donors (Lipinski definition) is 2. The molecule has 0 spiro atoms. The van der Waals surface area contributed by atoms with Gasteiger partial charge in [-0.3, -0.25) is 5.10 Å². The van der Waals surface area contributed by atoms with Crippen molar-refractivity contribution in [3.63, 3.8) is 0 Å². The lowest BCUT2D eigenvalue weighted by molar-refractivity contribution is 0.579. The van der Waals surface area contributed by atoms with Crippen molar-refractivity contribution in [1.82, 2.24) is 24.9 Å². The number of aromatic amines is 1. The average molecular weight is 353 g/mol. The molecule has 2 aromatic rings. The normalized spacial score (nSPS) is 11.7. The van der Waals surface area contributed by atoms with Crippen LogP contribution in [0.3, 0.4) is 0 Å². The van der Waals surface area contributed by atoms with Gasteiger partial charge in [0.2, 0.25) is 10.0 Å². The zero-order valence-corrected chi connectivity index (χ0v) is 11.9. The third-order valence-corrected chi connectivity index (χ3v) is 4.22. The van der Waals surface area contributed by atoms with E-state index >= 15 is 0 Å². The van der Waals surface area contributed by atoms with Crippen molar-refractivity contribution in [2.45, 2.75) is 11.4 Å². The number of H-pyrrole nitrogens is 1. The SMILES string of the molecule is O=S(=O)(NCc1ncn[nH]1)c1cc(Br)cnc1Cl. The molecule has 96 valence electrons. The molecule has 0 saturated carbocycles. The molecule has 0 aliphatic rings. The van der Waals surface area contributed by atoms with E-state index in [-0.39, 0.29) is 16.6 Å². The lowest BCUT2D eigenvalue weighted by Crippen LogP contribution is -2.24. The fourth-order valence-corrected chi connectivity index (χ4v) is 3.08. The molecule has 18 heavy (non-hydrogen) atoms. The first kappa shape index (κ1) is 13.4. The van der Waals surface area contributed by atoms with Crippen LogP contribution in [-0.2, 0) is 16.6 Å². The Hall–Kier alpha value is -1.03. The molecule has 0 aliphatic heterocycles. The second-order valence-electron chi connectivity index (χ2n) is 3.20. The largest absolute Gasteiger partial charge is 0.262 e. The van der Waals surface area contributed by atoms with Gasteiger partial charge < -0.3 is 0 Å². The number of nitrogens with zero attached hydrogens (tertiary/aromatic N) is 3. The summed E-state index contributed by atoms with van der Waals surface area (Å²) in [5, 5.41) is 6.06. The zero-order chi connectivity index (χ0) is 13.2. The van der Waals surface area contributed by atoms with E-state index in [2.05, 4.69) is 40.8 Å². The van der Waals surface area contributed by atoms with Gasteiger partial charge in [0, 0.05) is 10.7 Å². The molecule has 7 nitrogen and oxygen atoms in total. The van der Waals surface area contributed by atoms with Crippen LogP contribution >= 0.6 is 27.5 Å². The molecule has 2 heterocycles. The molecule has 0 amide bonds. The molecule has 0 bridgehead atoms. The standard InChI is InChI=1S/C8H7BrClN5O2S/c9-5-1-6(8(10)11-2-5)18(16,17)14-3-7-12-4-13-15-7/h1-2,4,14H,3H2,(H,12,13,15). The predicted octanol–water partition coefficient (Wildman–Crippen LogP) is 1.09. The molecule has 0 fully saturated rings. The molecule has 0 atom stereocenters. The number of aromatic nitrogens is 4. The highest BCUT2D eigenvalue weighted by Gasteiger charge is 2.19. The van der Waals surface area contributed by atoms with E-state index in [0.717, 1.165) is 0 Å². The molecular formula is C8H7BrClN5O2S. The summed E-state index contributed by atoms with van der Waals surface area (Å²) in [6.45, 7) is -0.00875. The number of hydrogen-bond acceptors (Lipinski definition) is 5. The Morgan fingerprint density at radius 2 is 2.22 bits per heavy atom. The highest BCUT2D eigenvalue weighted by molar-refractivity contribution is 9.10. The Morgan fingerprint density at radius 1 is 1.44 bits per heavy atom. The fraction of sp³-hybridized carbons (Fsp3) is 0.125. The van der Waals surface area contributed by atoms with Crippen molar-refractivity contribution in [3.05, 3.63) is 34.0 Å². The van der Waals surface area contributed by atoms with Crippen molar-refractivity contribution in [1.29, 1.82) is 0 Å². The van der Waals surface area contributed by atoms with Gasteiger partial charge in [-0.2, -0.15) is 5.10 Å². The maximum atomic E-state index is 12.0. The minimum atomic E-state index is -3.75. The Labute approximate surface area is 116 Å². The van der Waals surface area contributed by atoms with E-state index in [0.29, 0.717) is 10.3 Å². The van der Waals surface area contributed by atoms with E-state index < -0.39 is 10.0 Å². The summed E-state index contributed by atoms with van der Waals surface area (Å²) < 4.78 is 26.8. The third-order valence-electron chi connectivity index (χ3n) is 1.96. The van der Waals surface area contributed by atoms with Crippen molar-refractivity contribution in [3.8, 4) is 0 Å². The van der Waals surface area contributed by atoms with Gasteiger partial charge in [0.1, 0.15) is 22.2 Å². The first-order chi connectivity index (χ1) is 8.49. The predicted molar refractivity (Wildman–Crippen MR) is 67.4 cm³/mol. The Morgan fingerprint density at radius 3 is 2.89 bits per heavy atom. The molecule has 2 aromatic heterocycles. The lowest BCUT2D eigenvalue weighted by atomic mass is 10.5. The minimum Gasteiger partial charge on any atom is -0.262 e. The van der Waals surface area contributed by atoms with Gasteiger partial charge in [-0.1, -0.05) is 11.6 Å². The van der Waals surface area contributed by atoms with Crippen molar-refractivity contribution < 1.29 is 8.42 Å². The van der Waals surface area contributed by atoms with Crippen molar-refractivity contribution in [2.24, 2.45) is 0 Å². The molecule has 0 aliphatic carbocycles. The van der Waals surface area contributed by atoms with Crippen molar-refractivity contribution in [2.75, 3.05) is 0 Å². The van der Waals surface area contributed by atoms with Gasteiger partial charge in [0.15, 0.2) is 0 Å². The number of sulfonamides is 1. The van der Waals surface area contributed by atoms with Crippen LogP contribution in [0.1, 0.15) is 5.82 Å². The number of nitrogens with one attached hydrogen (secondary N) is 2. The topological polar surface area (TPSA) is 101 Å². The highest BCUT2D eigenvalue weighted by atomic mass is 79.9. The summed E-state index contributed by atoms with van der Waals surface area (Å²) in [7, 11) is -3.75. The molecular weight excluding hydrogens is 346 g/mol. The Balaban J connectivity index is 2.22. The van der Waals surface area contributed by atoms with E-state index in [1.54, 1.807) is 0 Å². The van der Waals surface area contributed by atoms with Crippen LogP contribution in [0.15, 0.2) is 28.0 Å². The number of halogens is 2. The van der Waals surface area contributed by atoms with E-state index in [1.165, 1.54) is 18.6 Å². The Bertz CT molecular complexity index is 646. The van der Waals surface area contributed by atoms with E-state index in [1.807, 2.05) is 0 Å². The molecule has 2 N–H and O–H groups in total. The van der Waals surface area contributed by atoms with Crippen LogP contribution in [0.2, 0.25) is 5.15 Å².